The van der Waals surface area contributed by atoms with Crippen LogP contribution in [-0.4, -0.2) is 74.5 Å². The third kappa shape index (κ3) is 5.59. The Hall–Kier alpha value is -2.72. The minimum Gasteiger partial charge on any atom is -0.379 e. The van der Waals surface area contributed by atoms with Gasteiger partial charge in [-0.3, -0.25) is 9.69 Å². The summed E-state index contributed by atoms with van der Waals surface area (Å²) in [5.41, 5.74) is 3.34. The third-order valence-electron chi connectivity index (χ3n) is 6.97. The van der Waals surface area contributed by atoms with Crippen molar-refractivity contribution in [3.8, 4) is 0 Å². The molecule has 2 aromatic carbocycles. The average molecular weight is 497 g/mol. The van der Waals surface area contributed by atoms with Crippen molar-refractivity contribution in [2.45, 2.75) is 30.2 Å². The minimum absolute atomic E-state index is 0.0147. The second-order valence-electron chi connectivity index (χ2n) is 9.30. The van der Waals surface area contributed by atoms with Gasteiger partial charge in [0, 0.05) is 36.8 Å². The second-order valence-corrected chi connectivity index (χ2v) is 11.2. The maximum absolute atomic E-state index is 12.7. The summed E-state index contributed by atoms with van der Waals surface area (Å²) in [5.74, 6) is 0.480. The summed E-state index contributed by atoms with van der Waals surface area (Å²) in [4.78, 5) is 18.5. The molecule has 1 aromatic heterocycles. The molecule has 2 fully saturated rings. The van der Waals surface area contributed by atoms with Gasteiger partial charge >= 0.3 is 0 Å². The van der Waals surface area contributed by atoms with Crippen LogP contribution in [0.5, 0.6) is 0 Å². The van der Waals surface area contributed by atoms with Crippen LogP contribution in [0.25, 0.3) is 10.9 Å². The Morgan fingerprint density at radius 1 is 1.00 bits per heavy atom. The van der Waals surface area contributed by atoms with E-state index < -0.39 is 10.0 Å². The molecule has 0 unspecified atom stereocenters. The number of sulfonamides is 1. The van der Waals surface area contributed by atoms with Gasteiger partial charge in [-0.2, -0.15) is 4.31 Å². The van der Waals surface area contributed by atoms with Crippen LogP contribution in [0.4, 0.5) is 0 Å². The molecule has 5 rings (SSSR count). The maximum atomic E-state index is 12.7. The molecular weight excluding hydrogens is 464 g/mol. The van der Waals surface area contributed by atoms with E-state index in [0.717, 1.165) is 31.5 Å². The molecular formula is C26H32N4O4S. The molecule has 0 atom stereocenters. The summed E-state index contributed by atoms with van der Waals surface area (Å²) in [5, 5.41) is 4.21. The number of morpholine rings is 1. The van der Waals surface area contributed by atoms with E-state index in [9.17, 15) is 13.2 Å². The molecule has 2 N–H and O–H groups in total. The molecule has 2 aliphatic heterocycles. The van der Waals surface area contributed by atoms with Gasteiger partial charge in [0.2, 0.25) is 15.9 Å². The molecule has 0 bridgehead atoms. The normalized spacial score (nSPS) is 18.6. The van der Waals surface area contributed by atoms with E-state index in [4.69, 9.17) is 4.74 Å². The molecule has 1 amide bonds. The number of para-hydroxylation sites is 1. The number of benzene rings is 2. The minimum atomic E-state index is -3.50. The number of hydrogen-bond donors (Lipinski definition) is 2. The number of piperidine rings is 1. The van der Waals surface area contributed by atoms with Gasteiger partial charge in [0.1, 0.15) is 0 Å². The molecule has 9 heteroatoms. The first-order valence-corrected chi connectivity index (χ1v) is 13.7. The van der Waals surface area contributed by atoms with Gasteiger partial charge < -0.3 is 15.0 Å². The first-order chi connectivity index (χ1) is 17.0. The standard InChI is InChI=1S/C26H32N4O4S/c31-26(19-29-11-9-21(10-12-29)25-17-22-3-1-2-4-24(22)28-25)27-18-20-5-7-23(8-6-20)35(32,33)30-13-15-34-16-14-30/h1-8,17,21,28H,9-16,18-19H2,(H,27,31). The highest BCUT2D eigenvalue weighted by Gasteiger charge is 2.26. The lowest BCUT2D eigenvalue weighted by atomic mass is 9.93. The lowest BCUT2D eigenvalue weighted by molar-refractivity contribution is -0.122. The van der Waals surface area contributed by atoms with E-state index >= 15 is 0 Å². The zero-order valence-electron chi connectivity index (χ0n) is 19.8. The largest absolute Gasteiger partial charge is 0.379 e. The molecule has 0 spiro atoms. The summed E-state index contributed by atoms with van der Waals surface area (Å²) in [6.07, 6.45) is 2.05. The number of nitrogens with zero attached hydrogens (tertiary/aromatic N) is 2. The molecule has 0 aliphatic carbocycles. The van der Waals surface area contributed by atoms with Crippen LogP contribution >= 0.6 is 0 Å². The molecule has 3 heterocycles. The van der Waals surface area contributed by atoms with Crippen LogP contribution in [0, 0.1) is 0 Å². The van der Waals surface area contributed by atoms with Crippen LogP contribution in [0.1, 0.15) is 30.0 Å². The van der Waals surface area contributed by atoms with Crippen molar-refractivity contribution in [1.82, 2.24) is 19.5 Å². The zero-order valence-corrected chi connectivity index (χ0v) is 20.6. The topological polar surface area (TPSA) is 94.7 Å². The number of amides is 1. The van der Waals surface area contributed by atoms with Crippen molar-refractivity contribution in [3.63, 3.8) is 0 Å². The fourth-order valence-electron chi connectivity index (χ4n) is 4.89. The van der Waals surface area contributed by atoms with Crippen LogP contribution in [0.2, 0.25) is 0 Å². The van der Waals surface area contributed by atoms with E-state index in [0.29, 0.717) is 45.3 Å². The fraction of sp³-hybridized carbons (Fsp3) is 0.423. The number of H-pyrrole nitrogens is 1. The molecule has 2 saturated heterocycles. The van der Waals surface area contributed by atoms with Crippen LogP contribution in [0.3, 0.4) is 0 Å². The van der Waals surface area contributed by atoms with Crippen molar-refractivity contribution >= 4 is 26.8 Å². The smallest absolute Gasteiger partial charge is 0.243 e. The Bertz CT molecular complexity index is 1230. The van der Waals surface area contributed by atoms with E-state index in [2.05, 4.69) is 39.5 Å². The summed E-state index contributed by atoms with van der Waals surface area (Å²) in [6, 6.07) is 17.3. The van der Waals surface area contributed by atoms with Crippen molar-refractivity contribution in [2.24, 2.45) is 0 Å². The summed E-state index contributed by atoms with van der Waals surface area (Å²) in [6.45, 7) is 4.13. The number of carbonyl (C=O) groups is 1. The summed E-state index contributed by atoms with van der Waals surface area (Å²) >= 11 is 0. The number of likely N-dealkylation sites (tertiary alicyclic amines) is 1. The summed E-state index contributed by atoms with van der Waals surface area (Å²) < 4.78 is 32.2. The fourth-order valence-corrected chi connectivity index (χ4v) is 6.30. The van der Waals surface area contributed by atoms with Crippen LogP contribution in [-0.2, 0) is 26.1 Å². The first-order valence-electron chi connectivity index (χ1n) is 12.2. The van der Waals surface area contributed by atoms with Crippen molar-refractivity contribution in [1.29, 1.82) is 0 Å². The van der Waals surface area contributed by atoms with E-state index in [1.807, 2.05) is 6.07 Å². The van der Waals surface area contributed by atoms with Gasteiger partial charge in [-0.05, 0) is 61.1 Å². The highest BCUT2D eigenvalue weighted by Crippen LogP contribution is 2.29. The Labute approximate surface area is 206 Å². The van der Waals surface area contributed by atoms with E-state index in [1.165, 1.54) is 20.9 Å². The quantitative estimate of drug-likeness (QED) is 0.525. The maximum Gasteiger partial charge on any atom is 0.243 e. The summed E-state index contributed by atoms with van der Waals surface area (Å²) in [7, 11) is -3.50. The SMILES string of the molecule is O=C(CN1CCC(c2cc3ccccc3[nH]2)CC1)NCc1ccc(S(=O)(=O)N2CCOCC2)cc1. The van der Waals surface area contributed by atoms with Crippen LogP contribution < -0.4 is 5.32 Å². The highest BCUT2D eigenvalue weighted by atomic mass is 32.2. The van der Waals surface area contributed by atoms with Gasteiger partial charge in [-0.15, -0.1) is 0 Å². The Kier molecular flexibility index (Phi) is 7.19. The predicted octanol–water partition coefficient (Wildman–Crippen LogP) is 2.68. The Morgan fingerprint density at radius 3 is 2.43 bits per heavy atom. The number of nitrogens with one attached hydrogen (secondary N) is 2. The van der Waals surface area contributed by atoms with Crippen LogP contribution in [0.15, 0.2) is 59.5 Å². The monoisotopic (exact) mass is 496 g/mol. The van der Waals surface area contributed by atoms with Crippen molar-refractivity contribution in [2.75, 3.05) is 45.9 Å². The number of rotatable bonds is 7. The van der Waals surface area contributed by atoms with Gasteiger partial charge in [-0.25, -0.2) is 8.42 Å². The zero-order chi connectivity index (χ0) is 24.3. The predicted molar refractivity (Wildman–Crippen MR) is 135 cm³/mol. The average Bonchev–Trinajstić information content (AvgIpc) is 3.33. The molecule has 35 heavy (non-hydrogen) atoms. The van der Waals surface area contributed by atoms with Gasteiger partial charge in [0.05, 0.1) is 24.7 Å². The number of ether oxygens (including phenoxy) is 1. The van der Waals surface area contributed by atoms with Gasteiger partial charge in [-0.1, -0.05) is 30.3 Å². The molecule has 2 aliphatic rings. The first kappa shape index (κ1) is 24.0. The molecule has 186 valence electrons. The molecule has 8 nitrogen and oxygen atoms in total. The molecule has 0 saturated carbocycles. The van der Waals surface area contributed by atoms with Crippen molar-refractivity contribution < 1.29 is 17.9 Å². The number of aromatic amines is 1. The number of hydrogen-bond acceptors (Lipinski definition) is 5. The number of aromatic nitrogens is 1. The molecule has 3 aromatic rings. The third-order valence-corrected chi connectivity index (χ3v) is 8.88. The van der Waals surface area contributed by atoms with Crippen molar-refractivity contribution in [3.05, 3.63) is 65.9 Å². The Morgan fingerprint density at radius 2 is 1.71 bits per heavy atom. The molecule has 0 radical (unpaired) electrons. The second kappa shape index (κ2) is 10.5. The number of carbonyl (C=O) groups excluding carboxylic acids is 1. The number of fused-ring (bicyclic) bond motifs is 1. The lowest BCUT2D eigenvalue weighted by Gasteiger charge is -2.31. The highest BCUT2D eigenvalue weighted by molar-refractivity contribution is 7.89. The van der Waals surface area contributed by atoms with E-state index in [-0.39, 0.29) is 10.8 Å². The van der Waals surface area contributed by atoms with E-state index in [1.54, 1.807) is 24.3 Å². The lowest BCUT2D eigenvalue weighted by Crippen LogP contribution is -2.41. The van der Waals surface area contributed by atoms with Gasteiger partial charge in [0.15, 0.2) is 0 Å². The van der Waals surface area contributed by atoms with Gasteiger partial charge in [0.25, 0.3) is 0 Å². The Balaban J connectivity index is 1.08.